The lowest BCUT2D eigenvalue weighted by molar-refractivity contribution is -0.0218. The summed E-state index contributed by atoms with van der Waals surface area (Å²) in [6.45, 7) is 1.16. The third kappa shape index (κ3) is 2.71. The van der Waals surface area contributed by atoms with E-state index < -0.39 is 0 Å². The molecule has 6 rings (SSSR count). The van der Waals surface area contributed by atoms with Gasteiger partial charge in [-0.05, 0) is 36.4 Å². The number of benzene rings is 2. The van der Waals surface area contributed by atoms with Gasteiger partial charge in [0.05, 0.1) is 11.8 Å². The summed E-state index contributed by atoms with van der Waals surface area (Å²) in [5.74, 6) is 2.46. The van der Waals surface area contributed by atoms with E-state index in [1.807, 2.05) is 59.6 Å². The van der Waals surface area contributed by atoms with Gasteiger partial charge in [0.15, 0.2) is 11.5 Å². The number of para-hydroxylation sites is 1. The van der Waals surface area contributed by atoms with Crippen molar-refractivity contribution in [2.24, 2.45) is 5.10 Å². The number of nitrogens with zero attached hydrogens (tertiary/aromatic N) is 3. The van der Waals surface area contributed by atoms with Crippen molar-refractivity contribution >= 4 is 5.71 Å². The van der Waals surface area contributed by atoms with E-state index in [2.05, 4.69) is 11.1 Å². The van der Waals surface area contributed by atoms with Gasteiger partial charge in [-0.2, -0.15) is 5.10 Å². The molecule has 0 saturated carbocycles. The third-order valence-electron chi connectivity index (χ3n) is 5.52. The zero-order valence-electron chi connectivity index (χ0n) is 15.7. The van der Waals surface area contributed by atoms with Crippen LogP contribution in [0.15, 0.2) is 72.0 Å². The van der Waals surface area contributed by atoms with Crippen molar-refractivity contribution in [2.75, 3.05) is 13.2 Å². The van der Waals surface area contributed by atoms with Crippen molar-refractivity contribution in [2.45, 2.75) is 18.7 Å². The molecule has 0 N–H and O–H groups in total. The number of rotatable bonds is 2. The second-order valence-corrected chi connectivity index (χ2v) is 7.27. The Labute approximate surface area is 168 Å². The van der Waals surface area contributed by atoms with E-state index in [1.165, 1.54) is 0 Å². The molecule has 4 heterocycles. The van der Waals surface area contributed by atoms with Crippen molar-refractivity contribution in [3.05, 3.63) is 83.7 Å². The number of fused-ring (bicyclic) bond motifs is 4. The number of pyridine rings is 1. The van der Waals surface area contributed by atoms with E-state index in [4.69, 9.17) is 19.3 Å². The Morgan fingerprint density at radius 3 is 2.62 bits per heavy atom. The molecule has 0 aliphatic carbocycles. The van der Waals surface area contributed by atoms with Gasteiger partial charge in [0, 0.05) is 23.7 Å². The van der Waals surface area contributed by atoms with Crippen LogP contribution < -0.4 is 14.2 Å². The highest BCUT2D eigenvalue weighted by molar-refractivity contribution is 6.02. The summed E-state index contributed by atoms with van der Waals surface area (Å²) in [6.07, 6.45) is 2.23. The van der Waals surface area contributed by atoms with Gasteiger partial charge >= 0.3 is 0 Å². The Bertz CT molecular complexity index is 1100. The van der Waals surface area contributed by atoms with Gasteiger partial charge in [0.25, 0.3) is 0 Å². The SMILES string of the molecule is c1ccc([C@@H]2Oc3ccccc3[C@@H]3CC(c4ccc5c(c4)OCCO5)=NN32)nc1. The number of ether oxygens (including phenoxy) is 3. The van der Waals surface area contributed by atoms with Crippen LogP contribution in [0.4, 0.5) is 0 Å². The molecule has 0 amide bonds. The molecule has 6 nitrogen and oxygen atoms in total. The van der Waals surface area contributed by atoms with Gasteiger partial charge in [-0.15, -0.1) is 0 Å². The minimum Gasteiger partial charge on any atom is -0.486 e. The maximum absolute atomic E-state index is 6.32. The van der Waals surface area contributed by atoms with Crippen LogP contribution in [-0.4, -0.2) is 28.9 Å². The Kier molecular flexibility index (Phi) is 3.69. The Morgan fingerprint density at radius 2 is 1.72 bits per heavy atom. The smallest absolute Gasteiger partial charge is 0.230 e. The average Bonchev–Trinajstić information content (AvgIpc) is 3.25. The van der Waals surface area contributed by atoms with Crippen molar-refractivity contribution in [3.8, 4) is 17.2 Å². The zero-order chi connectivity index (χ0) is 19.2. The van der Waals surface area contributed by atoms with E-state index in [0.29, 0.717) is 13.2 Å². The van der Waals surface area contributed by atoms with Crippen LogP contribution in [0.3, 0.4) is 0 Å². The predicted octanol–water partition coefficient (Wildman–Crippen LogP) is 4.10. The first-order valence-electron chi connectivity index (χ1n) is 9.79. The van der Waals surface area contributed by atoms with Crippen LogP contribution in [0.1, 0.15) is 35.5 Å². The highest BCUT2D eigenvalue weighted by Crippen LogP contribution is 2.47. The highest BCUT2D eigenvalue weighted by Gasteiger charge is 2.41. The molecular formula is C23H19N3O3. The molecule has 0 unspecified atom stereocenters. The molecule has 29 heavy (non-hydrogen) atoms. The largest absolute Gasteiger partial charge is 0.486 e. The molecular weight excluding hydrogens is 366 g/mol. The third-order valence-corrected chi connectivity index (χ3v) is 5.52. The van der Waals surface area contributed by atoms with E-state index in [1.54, 1.807) is 6.20 Å². The molecule has 1 aromatic heterocycles. The van der Waals surface area contributed by atoms with Crippen molar-refractivity contribution in [1.29, 1.82) is 0 Å². The van der Waals surface area contributed by atoms with Crippen LogP contribution in [-0.2, 0) is 0 Å². The first-order valence-corrected chi connectivity index (χ1v) is 9.79. The van der Waals surface area contributed by atoms with Crippen molar-refractivity contribution in [1.82, 2.24) is 9.99 Å². The molecule has 3 aromatic rings. The molecule has 2 aromatic carbocycles. The maximum atomic E-state index is 6.32. The second-order valence-electron chi connectivity index (χ2n) is 7.27. The van der Waals surface area contributed by atoms with Crippen LogP contribution >= 0.6 is 0 Å². The lowest BCUT2D eigenvalue weighted by Gasteiger charge is -2.37. The molecule has 0 saturated heterocycles. The molecule has 0 spiro atoms. The quantitative estimate of drug-likeness (QED) is 0.665. The standard InChI is InChI=1S/C23H19N3O3/c1-2-7-20-16(5-1)19-14-18(15-8-9-21-22(13-15)28-12-11-27-21)25-26(19)23(29-20)17-6-3-4-10-24-17/h1-10,13,19,23H,11-12,14H2/t19-,23-/m0/s1. The van der Waals surface area contributed by atoms with Crippen molar-refractivity contribution in [3.63, 3.8) is 0 Å². The normalized spacial score (nSPS) is 21.7. The molecule has 6 heteroatoms. The zero-order valence-corrected chi connectivity index (χ0v) is 15.7. The van der Waals surface area contributed by atoms with Gasteiger partial charge in [0.2, 0.25) is 6.23 Å². The van der Waals surface area contributed by atoms with Crippen molar-refractivity contribution < 1.29 is 14.2 Å². The maximum Gasteiger partial charge on any atom is 0.230 e. The van der Waals surface area contributed by atoms with E-state index in [0.717, 1.165) is 46.2 Å². The second kappa shape index (κ2) is 6.51. The number of hydrogen-bond acceptors (Lipinski definition) is 6. The van der Waals surface area contributed by atoms with Gasteiger partial charge < -0.3 is 14.2 Å². The van der Waals surface area contributed by atoms with Crippen LogP contribution in [0, 0.1) is 0 Å². The fraction of sp³-hybridized carbons (Fsp3) is 0.217. The molecule has 0 radical (unpaired) electrons. The summed E-state index contributed by atoms with van der Waals surface area (Å²) < 4.78 is 17.7. The monoisotopic (exact) mass is 385 g/mol. The van der Waals surface area contributed by atoms with Crippen LogP contribution in [0.2, 0.25) is 0 Å². The number of hydrazone groups is 1. The van der Waals surface area contributed by atoms with Gasteiger partial charge in [0.1, 0.15) is 24.7 Å². The first-order chi connectivity index (χ1) is 14.4. The van der Waals surface area contributed by atoms with E-state index in [-0.39, 0.29) is 12.3 Å². The summed E-state index contributed by atoms with van der Waals surface area (Å²) in [5, 5.41) is 7.01. The summed E-state index contributed by atoms with van der Waals surface area (Å²) in [5.41, 5.74) is 4.05. The molecule has 3 aliphatic heterocycles. The van der Waals surface area contributed by atoms with Gasteiger partial charge in [-0.25, -0.2) is 5.01 Å². The number of hydrogen-bond donors (Lipinski definition) is 0. The highest BCUT2D eigenvalue weighted by atomic mass is 16.6. The molecule has 0 bridgehead atoms. The lowest BCUT2D eigenvalue weighted by atomic mass is 9.96. The molecule has 2 atom stereocenters. The Hall–Kier alpha value is -3.54. The van der Waals surface area contributed by atoms with Crippen LogP contribution in [0.5, 0.6) is 17.2 Å². The van der Waals surface area contributed by atoms with E-state index in [9.17, 15) is 0 Å². The topological polar surface area (TPSA) is 56.2 Å². The summed E-state index contributed by atoms with van der Waals surface area (Å²) in [7, 11) is 0. The first kappa shape index (κ1) is 16.4. The fourth-order valence-corrected chi connectivity index (χ4v) is 4.15. The lowest BCUT2D eigenvalue weighted by Crippen LogP contribution is -2.34. The molecule has 0 fully saturated rings. The number of aromatic nitrogens is 1. The van der Waals surface area contributed by atoms with Gasteiger partial charge in [-0.1, -0.05) is 24.3 Å². The van der Waals surface area contributed by atoms with Gasteiger partial charge in [-0.3, -0.25) is 4.98 Å². The summed E-state index contributed by atoms with van der Waals surface area (Å²) >= 11 is 0. The van der Waals surface area contributed by atoms with E-state index >= 15 is 0 Å². The minimum atomic E-state index is -0.356. The Balaban J connectivity index is 1.42. The van der Waals surface area contributed by atoms with Crippen LogP contribution in [0.25, 0.3) is 0 Å². The molecule has 144 valence electrons. The summed E-state index contributed by atoms with van der Waals surface area (Å²) in [4.78, 5) is 4.52. The minimum absolute atomic E-state index is 0.107. The fourth-order valence-electron chi connectivity index (χ4n) is 4.15. The predicted molar refractivity (Wildman–Crippen MR) is 107 cm³/mol. The Morgan fingerprint density at radius 1 is 0.862 bits per heavy atom. The molecule has 3 aliphatic rings. The average molecular weight is 385 g/mol. The summed E-state index contributed by atoms with van der Waals surface area (Å²) in [6, 6.07) is 20.2.